The molecule has 1 aromatic heterocycles. The molecule has 1 atom stereocenters. The number of nitrogens with zero attached hydrogens (tertiary/aromatic N) is 4. The molecule has 0 aliphatic carbocycles. The number of aliphatic imine (C=N–C) groups is 1. The molecule has 2 rings (SSSR count). The Hall–Kier alpha value is -0.640. The molecule has 1 aromatic rings. The molecule has 0 spiro atoms. The minimum Gasteiger partial charge on any atom is -0.357 e. The standard InChI is InChI=1S/C18H31ClN6.HI/c1-4-20-18(21-8-7-16-5-6-17(19)22-14-16)23-13-15(2)25-11-9-24(3)10-12-25;/h5-6,14-15H,4,7-13H2,1-3H3,(H2,20,21,23);1H. The Labute approximate surface area is 179 Å². The van der Waals surface area contributed by atoms with E-state index in [1.165, 1.54) is 5.56 Å². The number of guanidine groups is 1. The van der Waals surface area contributed by atoms with Crippen LogP contribution >= 0.6 is 35.6 Å². The number of piperazine rings is 1. The molecule has 2 heterocycles. The van der Waals surface area contributed by atoms with Gasteiger partial charge in [0.2, 0.25) is 0 Å². The molecule has 0 bridgehead atoms. The zero-order chi connectivity index (χ0) is 18.1. The van der Waals surface area contributed by atoms with Gasteiger partial charge in [0.15, 0.2) is 5.96 Å². The van der Waals surface area contributed by atoms with Gasteiger partial charge >= 0.3 is 0 Å². The Bertz CT molecular complexity index is 531. The van der Waals surface area contributed by atoms with Crippen molar-refractivity contribution in [3.05, 3.63) is 29.0 Å². The fraction of sp³-hybridized carbons (Fsp3) is 0.667. The summed E-state index contributed by atoms with van der Waals surface area (Å²) in [5.74, 6) is 0.880. The highest BCUT2D eigenvalue weighted by atomic mass is 127. The highest BCUT2D eigenvalue weighted by Gasteiger charge is 2.18. The minimum absolute atomic E-state index is 0. The first-order valence-electron chi connectivity index (χ1n) is 9.13. The number of rotatable bonds is 7. The van der Waals surface area contributed by atoms with Crippen LogP contribution in [0.4, 0.5) is 0 Å². The number of hydrogen-bond donors (Lipinski definition) is 2. The van der Waals surface area contributed by atoms with E-state index in [0.717, 1.165) is 58.2 Å². The molecule has 1 unspecified atom stereocenters. The summed E-state index contributed by atoms with van der Waals surface area (Å²) < 4.78 is 0. The molecule has 0 saturated carbocycles. The average molecular weight is 495 g/mol. The highest BCUT2D eigenvalue weighted by molar-refractivity contribution is 14.0. The second kappa shape index (κ2) is 12.7. The maximum atomic E-state index is 5.82. The zero-order valence-electron chi connectivity index (χ0n) is 16.0. The van der Waals surface area contributed by atoms with E-state index in [9.17, 15) is 0 Å². The van der Waals surface area contributed by atoms with E-state index in [1.807, 2.05) is 18.3 Å². The third kappa shape index (κ3) is 8.37. The van der Waals surface area contributed by atoms with Crippen molar-refractivity contribution in [1.82, 2.24) is 25.4 Å². The van der Waals surface area contributed by atoms with Crippen LogP contribution in [0.25, 0.3) is 0 Å². The van der Waals surface area contributed by atoms with E-state index in [2.05, 4.69) is 46.3 Å². The summed E-state index contributed by atoms with van der Waals surface area (Å²) in [7, 11) is 2.18. The predicted octanol–water partition coefficient (Wildman–Crippen LogP) is 2.09. The first-order valence-corrected chi connectivity index (χ1v) is 9.51. The Kier molecular flexibility index (Phi) is 11.4. The fourth-order valence-corrected chi connectivity index (χ4v) is 2.93. The van der Waals surface area contributed by atoms with E-state index in [0.29, 0.717) is 11.2 Å². The lowest BCUT2D eigenvalue weighted by Crippen LogP contribution is -2.49. The first-order chi connectivity index (χ1) is 12.1. The van der Waals surface area contributed by atoms with Gasteiger partial charge in [0, 0.05) is 51.5 Å². The van der Waals surface area contributed by atoms with Gasteiger partial charge in [-0.05, 0) is 38.9 Å². The van der Waals surface area contributed by atoms with Crippen LogP contribution in [0.2, 0.25) is 5.15 Å². The van der Waals surface area contributed by atoms with Crippen molar-refractivity contribution < 1.29 is 0 Å². The summed E-state index contributed by atoms with van der Waals surface area (Å²) >= 11 is 5.82. The lowest BCUT2D eigenvalue weighted by atomic mass is 10.2. The highest BCUT2D eigenvalue weighted by Crippen LogP contribution is 2.06. The Morgan fingerprint density at radius 1 is 1.27 bits per heavy atom. The molecule has 1 fully saturated rings. The largest absolute Gasteiger partial charge is 0.357 e. The third-order valence-electron chi connectivity index (χ3n) is 4.51. The van der Waals surface area contributed by atoms with Crippen LogP contribution in [0.3, 0.4) is 0 Å². The Morgan fingerprint density at radius 2 is 2.00 bits per heavy atom. The van der Waals surface area contributed by atoms with Gasteiger partial charge in [0.25, 0.3) is 0 Å². The number of likely N-dealkylation sites (N-methyl/N-ethyl adjacent to an activating group) is 1. The van der Waals surface area contributed by atoms with Gasteiger partial charge in [-0.25, -0.2) is 4.98 Å². The number of aromatic nitrogens is 1. The van der Waals surface area contributed by atoms with Crippen molar-refractivity contribution in [2.45, 2.75) is 26.3 Å². The molecule has 148 valence electrons. The molecule has 2 N–H and O–H groups in total. The van der Waals surface area contributed by atoms with Gasteiger partial charge in [-0.2, -0.15) is 0 Å². The molecule has 8 heteroatoms. The Morgan fingerprint density at radius 3 is 2.62 bits per heavy atom. The van der Waals surface area contributed by atoms with Crippen LogP contribution in [-0.2, 0) is 6.42 Å². The second-order valence-corrected chi connectivity index (χ2v) is 6.96. The minimum atomic E-state index is 0. The number of pyridine rings is 1. The summed E-state index contributed by atoms with van der Waals surface area (Å²) in [5.41, 5.74) is 1.17. The van der Waals surface area contributed by atoms with Crippen molar-refractivity contribution in [1.29, 1.82) is 0 Å². The van der Waals surface area contributed by atoms with Crippen LogP contribution in [0.5, 0.6) is 0 Å². The summed E-state index contributed by atoms with van der Waals surface area (Å²) in [6, 6.07) is 4.30. The predicted molar refractivity (Wildman–Crippen MR) is 121 cm³/mol. The van der Waals surface area contributed by atoms with Crippen LogP contribution in [-0.4, -0.2) is 79.6 Å². The van der Waals surface area contributed by atoms with Gasteiger partial charge in [0.05, 0.1) is 6.54 Å². The van der Waals surface area contributed by atoms with Crippen LogP contribution in [0, 0.1) is 0 Å². The lowest BCUT2D eigenvalue weighted by Gasteiger charge is -2.35. The average Bonchev–Trinajstić information content (AvgIpc) is 2.61. The van der Waals surface area contributed by atoms with Crippen LogP contribution in [0.1, 0.15) is 19.4 Å². The number of nitrogens with one attached hydrogen (secondary N) is 2. The topological polar surface area (TPSA) is 55.8 Å². The normalized spacial score (nSPS) is 17.5. The fourth-order valence-electron chi connectivity index (χ4n) is 2.82. The van der Waals surface area contributed by atoms with Gasteiger partial charge in [-0.1, -0.05) is 17.7 Å². The van der Waals surface area contributed by atoms with E-state index in [1.54, 1.807) is 0 Å². The summed E-state index contributed by atoms with van der Waals surface area (Å²) in [6.45, 7) is 11.4. The first kappa shape index (κ1) is 23.4. The summed E-state index contributed by atoms with van der Waals surface area (Å²) in [4.78, 5) is 13.8. The quantitative estimate of drug-likeness (QED) is 0.263. The maximum absolute atomic E-state index is 5.82. The molecular formula is C18H32ClIN6. The van der Waals surface area contributed by atoms with E-state index in [-0.39, 0.29) is 24.0 Å². The maximum Gasteiger partial charge on any atom is 0.191 e. The molecular weight excluding hydrogens is 463 g/mol. The van der Waals surface area contributed by atoms with Crippen molar-refractivity contribution in [2.24, 2.45) is 4.99 Å². The second-order valence-electron chi connectivity index (χ2n) is 6.57. The smallest absolute Gasteiger partial charge is 0.191 e. The Balaban J connectivity index is 0.00000338. The van der Waals surface area contributed by atoms with Crippen molar-refractivity contribution in [3.8, 4) is 0 Å². The molecule has 0 radical (unpaired) electrons. The molecule has 1 aliphatic rings. The molecule has 0 aromatic carbocycles. The molecule has 1 aliphatic heterocycles. The van der Waals surface area contributed by atoms with E-state index < -0.39 is 0 Å². The molecule has 1 saturated heterocycles. The number of halogens is 2. The third-order valence-corrected chi connectivity index (χ3v) is 4.74. The summed E-state index contributed by atoms with van der Waals surface area (Å²) in [5, 5.41) is 7.25. The van der Waals surface area contributed by atoms with E-state index >= 15 is 0 Å². The molecule has 0 amide bonds. The van der Waals surface area contributed by atoms with Crippen LogP contribution < -0.4 is 10.6 Å². The van der Waals surface area contributed by atoms with E-state index in [4.69, 9.17) is 16.6 Å². The van der Waals surface area contributed by atoms with Crippen molar-refractivity contribution in [3.63, 3.8) is 0 Å². The molecule has 6 nitrogen and oxygen atoms in total. The van der Waals surface area contributed by atoms with Crippen LogP contribution in [0.15, 0.2) is 23.3 Å². The van der Waals surface area contributed by atoms with Gasteiger partial charge in [-0.3, -0.25) is 9.89 Å². The van der Waals surface area contributed by atoms with Crippen molar-refractivity contribution in [2.75, 3.05) is 52.9 Å². The van der Waals surface area contributed by atoms with Gasteiger partial charge in [-0.15, -0.1) is 24.0 Å². The number of hydrogen-bond acceptors (Lipinski definition) is 4. The van der Waals surface area contributed by atoms with Gasteiger partial charge < -0.3 is 15.5 Å². The SMILES string of the molecule is CCNC(=NCC(C)N1CCN(C)CC1)NCCc1ccc(Cl)nc1.I. The molecule has 26 heavy (non-hydrogen) atoms. The van der Waals surface area contributed by atoms with Gasteiger partial charge in [0.1, 0.15) is 5.15 Å². The summed E-state index contributed by atoms with van der Waals surface area (Å²) in [6.07, 6.45) is 2.71. The zero-order valence-corrected chi connectivity index (χ0v) is 19.1. The van der Waals surface area contributed by atoms with Crippen molar-refractivity contribution >= 4 is 41.5 Å². The monoisotopic (exact) mass is 494 g/mol. The lowest BCUT2D eigenvalue weighted by molar-refractivity contribution is 0.122.